The van der Waals surface area contributed by atoms with Crippen LogP contribution in [0.1, 0.15) is 24.0 Å². The largest absolute Gasteiger partial charge is 0.478 e. The number of rotatable bonds is 9. The fraction of sp³-hybridized carbons (Fsp3) is 0.161. The number of halogens is 1. The van der Waals surface area contributed by atoms with Gasteiger partial charge in [0.1, 0.15) is 5.75 Å². The van der Waals surface area contributed by atoms with E-state index in [1.807, 2.05) is 97.1 Å². The normalized spacial score (nSPS) is 14.4. The highest BCUT2D eigenvalue weighted by molar-refractivity contribution is 6.30. The number of nitrogens with one attached hydrogen (secondary N) is 1. The molecule has 37 heavy (non-hydrogen) atoms. The van der Waals surface area contributed by atoms with Crippen molar-refractivity contribution in [3.8, 4) is 16.9 Å². The molecule has 186 valence electrons. The topological polar surface area (TPSA) is 75.6 Å². The number of carbonyl (C=O) groups excluding carboxylic acids is 1. The molecule has 6 heteroatoms. The third-order valence-corrected chi connectivity index (χ3v) is 6.96. The summed E-state index contributed by atoms with van der Waals surface area (Å²) in [6.45, 7) is 0. The first-order valence-corrected chi connectivity index (χ1v) is 12.5. The highest BCUT2D eigenvalue weighted by Gasteiger charge is 2.51. The molecule has 0 aliphatic heterocycles. The minimum Gasteiger partial charge on any atom is -0.478 e. The van der Waals surface area contributed by atoms with Crippen molar-refractivity contribution < 1.29 is 19.4 Å². The zero-order valence-electron chi connectivity index (χ0n) is 20.1. The first kappa shape index (κ1) is 24.6. The molecule has 1 unspecified atom stereocenters. The average molecular weight is 512 g/mol. The Morgan fingerprint density at radius 2 is 1.57 bits per heavy atom. The SMILES string of the molecule is O=C(O)C(Cc1ccccc1)Oc1cccc(-c2ccc(NC(=O)C3(c4ccc(Cl)cc4)CC3)cc2)c1. The van der Waals surface area contributed by atoms with Crippen LogP contribution < -0.4 is 10.1 Å². The molecule has 1 aliphatic rings. The minimum atomic E-state index is -1.01. The molecular weight excluding hydrogens is 486 g/mol. The van der Waals surface area contributed by atoms with Crippen molar-refractivity contribution in [1.29, 1.82) is 0 Å². The first-order chi connectivity index (χ1) is 17.9. The molecule has 0 heterocycles. The van der Waals surface area contributed by atoms with E-state index in [1.54, 1.807) is 6.07 Å². The van der Waals surface area contributed by atoms with Crippen molar-refractivity contribution >= 4 is 29.2 Å². The Balaban J connectivity index is 1.26. The third-order valence-electron chi connectivity index (χ3n) is 6.71. The number of anilines is 1. The lowest BCUT2D eigenvalue weighted by Gasteiger charge is -2.17. The highest BCUT2D eigenvalue weighted by atomic mass is 35.5. The first-order valence-electron chi connectivity index (χ1n) is 12.1. The van der Waals surface area contributed by atoms with E-state index in [0.29, 0.717) is 10.8 Å². The van der Waals surface area contributed by atoms with Crippen molar-refractivity contribution in [2.75, 3.05) is 5.32 Å². The predicted molar refractivity (Wildman–Crippen MR) is 145 cm³/mol. The van der Waals surface area contributed by atoms with Crippen molar-refractivity contribution in [3.63, 3.8) is 0 Å². The number of benzene rings is 4. The average Bonchev–Trinajstić information content (AvgIpc) is 3.72. The summed E-state index contributed by atoms with van der Waals surface area (Å²) in [6.07, 6.45) is 0.900. The number of carboxylic acid groups (broad SMARTS) is 1. The molecule has 1 amide bonds. The smallest absolute Gasteiger partial charge is 0.345 e. The van der Waals surface area contributed by atoms with E-state index in [-0.39, 0.29) is 12.3 Å². The van der Waals surface area contributed by atoms with Gasteiger partial charge in [-0.3, -0.25) is 4.79 Å². The maximum atomic E-state index is 13.1. The van der Waals surface area contributed by atoms with Gasteiger partial charge in [-0.15, -0.1) is 0 Å². The number of hydrogen-bond donors (Lipinski definition) is 2. The van der Waals surface area contributed by atoms with Crippen LogP contribution in [-0.2, 0) is 21.4 Å². The fourth-order valence-electron chi connectivity index (χ4n) is 4.46. The molecule has 1 atom stereocenters. The molecule has 5 rings (SSSR count). The zero-order chi connectivity index (χ0) is 25.8. The Hall–Kier alpha value is -4.09. The molecule has 0 saturated heterocycles. The second-order valence-electron chi connectivity index (χ2n) is 9.28. The molecule has 0 radical (unpaired) electrons. The summed E-state index contributed by atoms with van der Waals surface area (Å²) in [5, 5.41) is 13.4. The monoisotopic (exact) mass is 511 g/mol. The third kappa shape index (κ3) is 5.68. The molecule has 0 spiro atoms. The van der Waals surface area contributed by atoms with Crippen LogP contribution >= 0.6 is 11.6 Å². The Morgan fingerprint density at radius 1 is 0.865 bits per heavy atom. The van der Waals surface area contributed by atoms with Crippen LogP contribution in [0.3, 0.4) is 0 Å². The molecule has 1 saturated carbocycles. The molecular formula is C31H26ClNO4. The van der Waals surface area contributed by atoms with Gasteiger partial charge in [0, 0.05) is 17.1 Å². The lowest BCUT2D eigenvalue weighted by Crippen LogP contribution is -2.29. The maximum Gasteiger partial charge on any atom is 0.345 e. The summed E-state index contributed by atoms with van der Waals surface area (Å²) in [6, 6.07) is 31.8. The van der Waals surface area contributed by atoms with E-state index >= 15 is 0 Å². The summed E-state index contributed by atoms with van der Waals surface area (Å²) < 4.78 is 5.85. The van der Waals surface area contributed by atoms with Crippen LogP contribution in [0.15, 0.2) is 103 Å². The van der Waals surface area contributed by atoms with Gasteiger partial charge in [0.05, 0.1) is 5.41 Å². The van der Waals surface area contributed by atoms with Gasteiger partial charge in [-0.25, -0.2) is 4.79 Å². The second kappa shape index (κ2) is 10.5. The van der Waals surface area contributed by atoms with E-state index in [2.05, 4.69) is 5.32 Å². The van der Waals surface area contributed by atoms with Crippen LogP contribution in [0.5, 0.6) is 5.75 Å². The number of hydrogen-bond acceptors (Lipinski definition) is 3. The van der Waals surface area contributed by atoms with Crippen LogP contribution in [0.2, 0.25) is 5.02 Å². The lowest BCUT2D eigenvalue weighted by atomic mass is 9.95. The standard InChI is InChI=1S/C31H26ClNO4/c32-25-13-11-24(12-14-25)31(17-18-31)30(36)33-26-15-9-22(10-16-26)23-7-4-8-27(20-23)37-28(29(34)35)19-21-5-2-1-3-6-21/h1-16,20,28H,17-19H2,(H,33,36)(H,34,35). The number of ether oxygens (including phenoxy) is 1. The van der Waals surface area contributed by atoms with Gasteiger partial charge in [0.25, 0.3) is 0 Å². The highest BCUT2D eigenvalue weighted by Crippen LogP contribution is 2.49. The van der Waals surface area contributed by atoms with Gasteiger partial charge in [-0.1, -0.05) is 78.3 Å². The lowest BCUT2D eigenvalue weighted by molar-refractivity contribution is -0.145. The van der Waals surface area contributed by atoms with E-state index in [0.717, 1.165) is 40.8 Å². The summed E-state index contributed by atoms with van der Waals surface area (Å²) >= 11 is 6.00. The van der Waals surface area contributed by atoms with Crippen LogP contribution in [0, 0.1) is 0 Å². The Bertz CT molecular complexity index is 1400. The van der Waals surface area contributed by atoms with Crippen LogP contribution in [0.4, 0.5) is 5.69 Å². The quantitative estimate of drug-likeness (QED) is 0.260. The number of carbonyl (C=O) groups is 2. The molecule has 5 nitrogen and oxygen atoms in total. The minimum absolute atomic E-state index is 0.0175. The van der Waals surface area contributed by atoms with Crippen molar-refractivity contribution in [1.82, 2.24) is 0 Å². The zero-order valence-corrected chi connectivity index (χ0v) is 20.8. The second-order valence-corrected chi connectivity index (χ2v) is 9.72. The van der Waals surface area contributed by atoms with Crippen LogP contribution in [0.25, 0.3) is 11.1 Å². The summed E-state index contributed by atoms with van der Waals surface area (Å²) in [4.78, 5) is 24.9. The summed E-state index contributed by atoms with van der Waals surface area (Å²) in [5.74, 6) is -0.547. The molecule has 4 aromatic carbocycles. The molecule has 1 aliphatic carbocycles. The molecule has 0 aromatic heterocycles. The number of amides is 1. The van der Waals surface area contributed by atoms with Gasteiger partial charge in [-0.2, -0.15) is 0 Å². The van der Waals surface area contributed by atoms with E-state index < -0.39 is 17.5 Å². The maximum absolute atomic E-state index is 13.1. The van der Waals surface area contributed by atoms with Crippen LogP contribution in [-0.4, -0.2) is 23.1 Å². The summed E-state index contributed by atoms with van der Waals surface area (Å²) in [5.41, 5.74) is 3.92. The van der Waals surface area contributed by atoms with Crippen molar-refractivity contribution in [2.24, 2.45) is 0 Å². The van der Waals surface area contributed by atoms with E-state index in [9.17, 15) is 14.7 Å². The van der Waals surface area contributed by atoms with Gasteiger partial charge < -0.3 is 15.2 Å². The Morgan fingerprint density at radius 3 is 2.22 bits per heavy atom. The van der Waals surface area contributed by atoms with Gasteiger partial charge in [0.15, 0.2) is 6.10 Å². The van der Waals surface area contributed by atoms with Gasteiger partial charge in [-0.05, 0) is 71.5 Å². The van der Waals surface area contributed by atoms with Gasteiger partial charge in [0.2, 0.25) is 5.91 Å². The molecule has 4 aromatic rings. The molecule has 1 fully saturated rings. The fourth-order valence-corrected chi connectivity index (χ4v) is 4.58. The van der Waals surface area contributed by atoms with E-state index in [1.165, 1.54) is 0 Å². The predicted octanol–water partition coefficient (Wildman–Crippen LogP) is 6.75. The molecule has 0 bridgehead atoms. The number of aliphatic carboxylic acids is 1. The molecule has 2 N–H and O–H groups in total. The van der Waals surface area contributed by atoms with Gasteiger partial charge >= 0.3 is 5.97 Å². The van der Waals surface area contributed by atoms with Crippen molar-refractivity contribution in [2.45, 2.75) is 30.8 Å². The van der Waals surface area contributed by atoms with E-state index in [4.69, 9.17) is 16.3 Å². The van der Waals surface area contributed by atoms with Crippen molar-refractivity contribution in [3.05, 3.63) is 119 Å². The Kier molecular flexibility index (Phi) is 6.97. The Labute approximate surface area is 220 Å². The summed E-state index contributed by atoms with van der Waals surface area (Å²) in [7, 11) is 0. The number of carboxylic acids is 1.